The Morgan fingerprint density at radius 3 is 1.84 bits per heavy atom. The van der Waals surface area contributed by atoms with E-state index < -0.39 is 0 Å². The van der Waals surface area contributed by atoms with Gasteiger partial charge in [0, 0.05) is 0 Å². The fraction of sp³-hybridized carbons (Fsp3) is 0.889. The second-order valence-corrected chi connectivity index (χ2v) is 5.75. The zero-order chi connectivity index (χ0) is 14.2. The zero-order valence-corrected chi connectivity index (χ0v) is 13.4. The summed E-state index contributed by atoms with van der Waals surface area (Å²) in [5.41, 5.74) is 0. The van der Waals surface area contributed by atoms with Gasteiger partial charge in [-0.3, -0.25) is 0 Å². The molecule has 0 aromatic carbocycles. The van der Waals surface area contributed by atoms with Crippen molar-refractivity contribution in [3.05, 3.63) is 12.2 Å². The minimum atomic E-state index is -0.210. The molecule has 1 nitrogen and oxygen atoms in total. The van der Waals surface area contributed by atoms with Crippen LogP contribution in [0.5, 0.6) is 0 Å². The second kappa shape index (κ2) is 15.8. The summed E-state index contributed by atoms with van der Waals surface area (Å²) in [5.74, 6) is 0. The molecule has 0 radical (unpaired) electrons. The molecule has 0 unspecified atom stereocenters. The normalized spacial score (nSPS) is 13.2. The topological polar surface area (TPSA) is 20.2 Å². The van der Waals surface area contributed by atoms with E-state index in [1.807, 2.05) is 6.08 Å². The number of rotatable bonds is 14. The van der Waals surface area contributed by atoms with Gasteiger partial charge < -0.3 is 5.11 Å². The molecule has 0 aliphatic rings. The molecule has 0 amide bonds. The van der Waals surface area contributed by atoms with E-state index in [9.17, 15) is 5.11 Å². The smallest absolute Gasteiger partial charge is 0.0720 e. The summed E-state index contributed by atoms with van der Waals surface area (Å²) in [7, 11) is 0. The van der Waals surface area contributed by atoms with E-state index in [4.69, 9.17) is 0 Å². The molecule has 0 heterocycles. The lowest BCUT2D eigenvalue weighted by Crippen LogP contribution is -2.00. The SMILES string of the molecule is CCCCCCCCCCCC=C[C@H](O)CCCC. The molecule has 0 rings (SSSR count). The molecule has 0 bridgehead atoms. The summed E-state index contributed by atoms with van der Waals surface area (Å²) in [5, 5.41) is 9.64. The third kappa shape index (κ3) is 15.6. The molecule has 0 aliphatic carbocycles. The number of allylic oxidation sites excluding steroid dienone is 1. The lowest BCUT2D eigenvalue weighted by atomic mass is 10.1. The van der Waals surface area contributed by atoms with Gasteiger partial charge in [0.15, 0.2) is 0 Å². The molecule has 0 aliphatic heterocycles. The summed E-state index contributed by atoms with van der Waals surface area (Å²) >= 11 is 0. The van der Waals surface area contributed by atoms with Crippen molar-refractivity contribution in [2.75, 3.05) is 0 Å². The van der Waals surface area contributed by atoms with Crippen molar-refractivity contribution in [3.63, 3.8) is 0 Å². The zero-order valence-electron chi connectivity index (χ0n) is 13.4. The van der Waals surface area contributed by atoms with Crippen LogP contribution in [0.4, 0.5) is 0 Å². The number of hydrogen-bond donors (Lipinski definition) is 1. The number of aliphatic hydroxyl groups is 1. The lowest BCUT2D eigenvalue weighted by Gasteiger charge is -2.03. The average Bonchev–Trinajstić information content (AvgIpc) is 2.42. The molecule has 1 heteroatoms. The van der Waals surface area contributed by atoms with Crippen LogP contribution in [-0.2, 0) is 0 Å². The highest BCUT2D eigenvalue weighted by Crippen LogP contribution is 2.11. The van der Waals surface area contributed by atoms with Gasteiger partial charge in [0.2, 0.25) is 0 Å². The summed E-state index contributed by atoms with van der Waals surface area (Å²) < 4.78 is 0. The summed E-state index contributed by atoms with van der Waals surface area (Å²) in [4.78, 5) is 0. The van der Waals surface area contributed by atoms with E-state index in [2.05, 4.69) is 19.9 Å². The van der Waals surface area contributed by atoms with Gasteiger partial charge in [0.25, 0.3) is 0 Å². The van der Waals surface area contributed by atoms with Gasteiger partial charge in [0.05, 0.1) is 6.10 Å². The van der Waals surface area contributed by atoms with Crippen LogP contribution in [-0.4, -0.2) is 11.2 Å². The Morgan fingerprint density at radius 2 is 1.26 bits per heavy atom. The van der Waals surface area contributed by atoms with Gasteiger partial charge in [-0.15, -0.1) is 0 Å². The van der Waals surface area contributed by atoms with Crippen LogP contribution >= 0.6 is 0 Å². The third-order valence-electron chi connectivity index (χ3n) is 3.69. The minimum Gasteiger partial charge on any atom is -0.389 e. The predicted molar refractivity (Wildman–Crippen MR) is 86.5 cm³/mol. The highest BCUT2D eigenvalue weighted by Gasteiger charge is 1.96. The molecular weight excluding hydrogens is 232 g/mol. The molecular formula is C18H36O. The molecule has 0 spiro atoms. The van der Waals surface area contributed by atoms with Crippen LogP contribution < -0.4 is 0 Å². The number of unbranched alkanes of at least 4 members (excludes halogenated alkanes) is 10. The van der Waals surface area contributed by atoms with Crippen LogP contribution in [0.15, 0.2) is 12.2 Å². The van der Waals surface area contributed by atoms with Crippen LogP contribution in [0.3, 0.4) is 0 Å². The Balaban J connectivity index is 3.15. The van der Waals surface area contributed by atoms with Gasteiger partial charge in [0.1, 0.15) is 0 Å². The van der Waals surface area contributed by atoms with E-state index >= 15 is 0 Å². The standard InChI is InChI=1S/C18H36O/c1-3-5-7-8-9-10-11-12-13-14-15-17-18(19)16-6-4-2/h15,17-19H,3-14,16H2,1-2H3/t18-/m1/s1. The van der Waals surface area contributed by atoms with E-state index in [-0.39, 0.29) is 6.10 Å². The molecule has 0 saturated heterocycles. The molecule has 1 atom stereocenters. The molecule has 0 aromatic rings. The van der Waals surface area contributed by atoms with Crippen LogP contribution in [0, 0.1) is 0 Å². The molecule has 19 heavy (non-hydrogen) atoms. The van der Waals surface area contributed by atoms with E-state index in [1.54, 1.807) is 0 Å². The average molecular weight is 268 g/mol. The van der Waals surface area contributed by atoms with Crippen LogP contribution in [0.25, 0.3) is 0 Å². The van der Waals surface area contributed by atoms with Crippen molar-refractivity contribution in [3.8, 4) is 0 Å². The monoisotopic (exact) mass is 268 g/mol. The maximum atomic E-state index is 9.64. The van der Waals surface area contributed by atoms with Crippen molar-refractivity contribution in [2.24, 2.45) is 0 Å². The predicted octanol–water partition coefficient (Wildman–Crippen LogP) is 6.01. The van der Waals surface area contributed by atoms with Crippen molar-refractivity contribution in [1.82, 2.24) is 0 Å². The molecule has 0 fully saturated rings. The first-order valence-electron chi connectivity index (χ1n) is 8.66. The maximum Gasteiger partial charge on any atom is 0.0720 e. The van der Waals surface area contributed by atoms with Crippen molar-refractivity contribution < 1.29 is 5.11 Å². The highest BCUT2D eigenvalue weighted by atomic mass is 16.3. The molecule has 0 saturated carbocycles. The van der Waals surface area contributed by atoms with Crippen molar-refractivity contribution in [2.45, 2.75) is 103 Å². The maximum absolute atomic E-state index is 9.64. The first-order valence-corrected chi connectivity index (χ1v) is 8.66. The number of hydrogen-bond acceptors (Lipinski definition) is 1. The van der Waals surface area contributed by atoms with Crippen molar-refractivity contribution in [1.29, 1.82) is 0 Å². The van der Waals surface area contributed by atoms with Gasteiger partial charge in [-0.25, -0.2) is 0 Å². The quantitative estimate of drug-likeness (QED) is 0.302. The Labute approximate surface area is 121 Å². The summed E-state index contributed by atoms with van der Waals surface area (Å²) in [6.07, 6.45) is 20.8. The third-order valence-corrected chi connectivity index (χ3v) is 3.69. The largest absolute Gasteiger partial charge is 0.389 e. The van der Waals surface area contributed by atoms with Gasteiger partial charge in [-0.1, -0.05) is 90.2 Å². The van der Waals surface area contributed by atoms with Gasteiger partial charge in [-0.2, -0.15) is 0 Å². The molecule has 114 valence electrons. The Bertz CT molecular complexity index is 186. The summed E-state index contributed by atoms with van der Waals surface area (Å²) in [6.45, 7) is 4.44. The minimum absolute atomic E-state index is 0.210. The summed E-state index contributed by atoms with van der Waals surface area (Å²) in [6, 6.07) is 0. The van der Waals surface area contributed by atoms with E-state index in [0.29, 0.717) is 0 Å². The second-order valence-electron chi connectivity index (χ2n) is 5.75. The number of aliphatic hydroxyl groups excluding tert-OH is 1. The van der Waals surface area contributed by atoms with Crippen molar-refractivity contribution >= 4 is 0 Å². The van der Waals surface area contributed by atoms with Crippen LogP contribution in [0.1, 0.15) is 97.3 Å². The molecule has 1 N–H and O–H groups in total. The first kappa shape index (κ1) is 18.7. The van der Waals surface area contributed by atoms with E-state index in [0.717, 1.165) is 19.3 Å². The lowest BCUT2D eigenvalue weighted by molar-refractivity contribution is 0.209. The Morgan fingerprint density at radius 1 is 0.737 bits per heavy atom. The fourth-order valence-corrected chi connectivity index (χ4v) is 2.34. The highest BCUT2D eigenvalue weighted by molar-refractivity contribution is 4.88. The molecule has 0 aromatic heterocycles. The first-order chi connectivity index (χ1) is 9.31. The van der Waals surface area contributed by atoms with E-state index in [1.165, 1.54) is 64.2 Å². The van der Waals surface area contributed by atoms with Gasteiger partial charge >= 0.3 is 0 Å². The van der Waals surface area contributed by atoms with Gasteiger partial charge in [-0.05, 0) is 19.3 Å². The van der Waals surface area contributed by atoms with Crippen LogP contribution in [0.2, 0.25) is 0 Å². The fourth-order valence-electron chi connectivity index (χ4n) is 2.34. The Hall–Kier alpha value is -0.300. The Kier molecular flexibility index (Phi) is 15.5.